The van der Waals surface area contributed by atoms with E-state index in [1.54, 1.807) is 0 Å². The molecule has 3 heterocycles. The second-order valence-corrected chi connectivity index (χ2v) is 13.7. The van der Waals surface area contributed by atoms with E-state index in [4.69, 9.17) is 4.42 Å². The van der Waals surface area contributed by atoms with Gasteiger partial charge in [0.15, 0.2) is 0 Å². The summed E-state index contributed by atoms with van der Waals surface area (Å²) in [4.78, 5) is 0. The lowest BCUT2D eigenvalue weighted by atomic mass is 10.0. The zero-order valence-corrected chi connectivity index (χ0v) is 27.8. The normalized spacial score (nSPS) is 14.6. The second-order valence-electron chi connectivity index (χ2n) is 13.7. The number of hydrogen-bond acceptors (Lipinski definition) is 1. The van der Waals surface area contributed by atoms with Gasteiger partial charge in [-0.05, 0) is 95.4 Å². The molecule has 1 aliphatic rings. The van der Waals surface area contributed by atoms with Crippen molar-refractivity contribution in [3.05, 3.63) is 176 Å². The van der Waals surface area contributed by atoms with Crippen molar-refractivity contribution in [1.29, 1.82) is 0 Å². The SMILES string of the molecule is C1=CCC(n2c3ccccc3c3cc(-c4cccc(-n5c6ccccc6c6cc(-c7ccc8oc9ccccc9c8c7)ccc65)c4)ccc32)C=C1. The standard InChI is InChI=1S/C48H32N2O/c1-2-12-35(13-3-1)49-43-18-7-4-15-37(43)40-28-32(21-24-45(40)49)31-11-10-14-36(27-31)50-44-19-8-5-16-38(44)41-29-33(22-25-46(41)50)34-23-26-48-42(30-34)39-17-6-9-20-47(39)51-48/h1-12,14-30,35H,13H2. The Morgan fingerprint density at radius 3 is 1.82 bits per heavy atom. The summed E-state index contributed by atoms with van der Waals surface area (Å²) >= 11 is 0. The minimum Gasteiger partial charge on any atom is -0.456 e. The fourth-order valence-corrected chi connectivity index (χ4v) is 8.46. The van der Waals surface area contributed by atoms with E-state index in [-0.39, 0.29) is 0 Å². The molecule has 0 bridgehead atoms. The summed E-state index contributed by atoms with van der Waals surface area (Å²) in [6.45, 7) is 0. The van der Waals surface area contributed by atoms with E-state index in [1.807, 2.05) is 12.1 Å². The summed E-state index contributed by atoms with van der Waals surface area (Å²) in [5.41, 5.74) is 12.7. The zero-order chi connectivity index (χ0) is 33.5. The van der Waals surface area contributed by atoms with Crippen molar-refractivity contribution < 1.29 is 4.42 Å². The second kappa shape index (κ2) is 11.0. The van der Waals surface area contributed by atoms with Crippen LogP contribution in [-0.2, 0) is 0 Å². The molecule has 0 fully saturated rings. The van der Waals surface area contributed by atoms with Gasteiger partial charge in [0, 0.05) is 49.0 Å². The number of hydrogen-bond donors (Lipinski definition) is 0. The van der Waals surface area contributed by atoms with Crippen molar-refractivity contribution in [3.63, 3.8) is 0 Å². The number of para-hydroxylation sites is 3. The highest BCUT2D eigenvalue weighted by molar-refractivity contribution is 6.12. The van der Waals surface area contributed by atoms with E-state index in [0.717, 1.165) is 34.0 Å². The molecule has 3 heteroatoms. The quantitative estimate of drug-likeness (QED) is 0.186. The van der Waals surface area contributed by atoms with Crippen LogP contribution in [0.3, 0.4) is 0 Å². The largest absolute Gasteiger partial charge is 0.456 e. The van der Waals surface area contributed by atoms with E-state index in [2.05, 4.69) is 173 Å². The third kappa shape index (κ3) is 4.31. The van der Waals surface area contributed by atoms with Crippen LogP contribution in [0.5, 0.6) is 0 Å². The number of allylic oxidation sites excluding steroid dienone is 4. The fourth-order valence-electron chi connectivity index (χ4n) is 8.46. The highest BCUT2D eigenvalue weighted by Gasteiger charge is 2.18. The third-order valence-electron chi connectivity index (χ3n) is 10.8. The zero-order valence-electron chi connectivity index (χ0n) is 27.8. The van der Waals surface area contributed by atoms with Crippen molar-refractivity contribution in [3.8, 4) is 27.9 Å². The monoisotopic (exact) mass is 652 g/mol. The molecule has 0 aliphatic heterocycles. The van der Waals surface area contributed by atoms with Gasteiger partial charge in [0.2, 0.25) is 0 Å². The highest BCUT2D eigenvalue weighted by atomic mass is 16.3. The molecule has 0 saturated carbocycles. The third-order valence-corrected chi connectivity index (χ3v) is 10.8. The summed E-state index contributed by atoms with van der Waals surface area (Å²) in [7, 11) is 0. The molecule has 7 aromatic carbocycles. The molecule has 3 nitrogen and oxygen atoms in total. The number of benzene rings is 7. The molecule has 0 N–H and O–H groups in total. The average molecular weight is 653 g/mol. The molecule has 1 unspecified atom stereocenters. The van der Waals surface area contributed by atoms with Crippen molar-refractivity contribution in [2.24, 2.45) is 0 Å². The highest BCUT2D eigenvalue weighted by Crippen LogP contribution is 2.40. The van der Waals surface area contributed by atoms with Crippen molar-refractivity contribution >= 4 is 65.6 Å². The van der Waals surface area contributed by atoms with E-state index >= 15 is 0 Å². The topological polar surface area (TPSA) is 23.0 Å². The number of fused-ring (bicyclic) bond motifs is 9. The maximum Gasteiger partial charge on any atom is 0.135 e. The van der Waals surface area contributed by atoms with Gasteiger partial charge in [-0.15, -0.1) is 0 Å². The Kier molecular flexibility index (Phi) is 6.08. The van der Waals surface area contributed by atoms with Gasteiger partial charge in [0.1, 0.15) is 11.2 Å². The molecule has 10 aromatic rings. The lowest BCUT2D eigenvalue weighted by Crippen LogP contribution is -2.06. The van der Waals surface area contributed by atoms with Gasteiger partial charge in [-0.3, -0.25) is 0 Å². The van der Waals surface area contributed by atoms with Gasteiger partial charge in [0.25, 0.3) is 0 Å². The van der Waals surface area contributed by atoms with Gasteiger partial charge in [-0.1, -0.05) is 109 Å². The van der Waals surface area contributed by atoms with Crippen LogP contribution in [0.1, 0.15) is 12.5 Å². The summed E-state index contributed by atoms with van der Waals surface area (Å²) in [5.74, 6) is 0. The van der Waals surface area contributed by atoms with Crippen LogP contribution >= 0.6 is 0 Å². The number of rotatable bonds is 4. The average Bonchev–Trinajstić information content (AvgIpc) is 3.85. The Hall–Kier alpha value is -6.58. The van der Waals surface area contributed by atoms with Crippen molar-refractivity contribution in [2.45, 2.75) is 12.5 Å². The van der Waals surface area contributed by atoms with Gasteiger partial charge in [-0.25, -0.2) is 0 Å². The first-order valence-electron chi connectivity index (χ1n) is 17.7. The molecule has 1 aliphatic carbocycles. The molecule has 51 heavy (non-hydrogen) atoms. The van der Waals surface area contributed by atoms with Crippen LogP contribution in [0.4, 0.5) is 0 Å². The van der Waals surface area contributed by atoms with E-state index < -0.39 is 0 Å². The predicted octanol–water partition coefficient (Wildman–Crippen LogP) is 13.2. The molecule has 0 spiro atoms. The molecule has 0 saturated heterocycles. The van der Waals surface area contributed by atoms with E-state index in [0.29, 0.717) is 6.04 Å². The molecular formula is C48H32N2O. The molecule has 0 radical (unpaired) electrons. The van der Waals surface area contributed by atoms with Gasteiger partial charge < -0.3 is 13.6 Å². The van der Waals surface area contributed by atoms with Crippen LogP contribution < -0.4 is 0 Å². The smallest absolute Gasteiger partial charge is 0.135 e. The fraction of sp³-hybridized carbons (Fsp3) is 0.0417. The van der Waals surface area contributed by atoms with Crippen LogP contribution in [-0.4, -0.2) is 9.13 Å². The molecule has 3 aromatic heterocycles. The molecular weight excluding hydrogens is 621 g/mol. The Morgan fingerprint density at radius 2 is 1.02 bits per heavy atom. The minimum atomic E-state index is 0.316. The first-order chi connectivity index (χ1) is 25.3. The summed E-state index contributed by atoms with van der Waals surface area (Å²) in [6, 6.07) is 55.6. The Bertz CT molecular complexity index is 3070. The molecule has 1 atom stereocenters. The number of aromatic nitrogens is 2. The molecule has 0 amide bonds. The Balaban J connectivity index is 1.04. The molecule has 240 valence electrons. The lowest BCUT2D eigenvalue weighted by Gasteiger charge is -2.18. The van der Waals surface area contributed by atoms with Gasteiger partial charge in [0.05, 0.1) is 17.1 Å². The summed E-state index contributed by atoms with van der Waals surface area (Å²) in [5, 5.41) is 7.37. The number of nitrogens with zero attached hydrogens (tertiary/aromatic N) is 2. The van der Waals surface area contributed by atoms with E-state index in [1.165, 1.54) is 65.9 Å². The van der Waals surface area contributed by atoms with Crippen LogP contribution in [0.2, 0.25) is 0 Å². The van der Waals surface area contributed by atoms with Gasteiger partial charge >= 0.3 is 0 Å². The van der Waals surface area contributed by atoms with E-state index in [9.17, 15) is 0 Å². The first kappa shape index (κ1) is 28.3. The maximum absolute atomic E-state index is 6.12. The van der Waals surface area contributed by atoms with Crippen molar-refractivity contribution in [2.75, 3.05) is 0 Å². The summed E-state index contributed by atoms with van der Waals surface area (Å²) < 4.78 is 11.0. The van der Waals surface area contributed by atoms with Crippen LogP contribution in [0, 0.1) is 0 Å². The lowest BCUT2D eigenvalue weighted by molar-refractivity contribution is 0.648. The minimum absolute atomic E-state index is 0.316. The van der Waals surface area contributed by atoms with Crippen molar-refractivity contribution in [1.82, 2.24) is 9.13 Å². The first-order valence-corrected chi connectivity index (χ1v) is 17.7. The van der Waals surface area contributed by atoms with Crippen LogP contribution in [0.15, 0.2) is 180 Å². The Labute approximate surface area is 294 Å². The van der Waals surface area contributed by atoms with Crippen LogP contribution in [0.25, 0.3) is 93.5 Å². The maximum atomic E-state index is 6.12. The van der Waals surface area contributed by atoms with Gasteiger partial charge in [-0.2, -0.15) is 0 Å². The summed E-state index contributed by atoms with van der Waals surface area (Å²) in [6.07, 6.45) is 9.91. The number of furan rings is 1. The predicted molar refractivity (Wildman–Crippen MR) is 214 cm³/mol. The Morgan fingerprint density at radius 1 is 0.431 bits per heavy atom. The molecule has 11 rings (SSSR count).